The molecule has 0 saturated heterocycles. The van der Waals surface area contributed by atoms with Gasteiger partial charge in [0.15, 0.2) is 5.78 Å². The zero-order valence-electron chi connectivity index (χ0n) is 11.4. The van der Waals surface area contributed by atoms with Gasteiger partial charge in [0, 0.05) is 42.6 Å². The molecule has 0 fully saturated rings. The van der Waals surface area contributed by atoms with E-state index in [1.165, 1.54) is 13.2 Å². The molecule has 0 amide bonds. The maximum Gasteiger partial charge on any atom is 0.164 e. The molecular formula is C16H16FNO2. The van der Waals surface area contributed by atoms with Gasteiger partial charge in [-0.2, -0.15) is 0 Å². The number of carbonyl (C=O) groups is 1. The molecule has 0 spiro atoms. The van der Waals surface area contributed by atoms with Crippen molar-refractivity contribution < 1.29 is 13.9 Å². The predicted octanol–water partition coefficient (Wildman–Crippen LogP) is 3.20. The van der Waals surface area contributed by atoms with Crippen LogP contribution >= 0.6 is 0 Å². The SMILES string of the molecule is COc1ccc(Cn2cc3c(c2)C(=O)CCC3)c(F)c1. The van der Waals surface area contributed by atoms with Gasteiger partial charge in [-0.1, -0.05) is 6.07 Å². The van der Waals surface area contributed by atoms with E-state index in [-0.39, 0.29) is 11.6 Å². The van der Waals surface area contributed by atoms with Gasteiger partial charge in [-0.05, 0) is 24.5 Å². The van der Waals surface area contributed by atoms with Crippen molar-refractivity contribution in [2.75, 3.05) is 7.11 Å². The monoisotopic (exact) mass is 273 g/mol. The van der Waals surface area contributed by atoms with Crippen molar-refractivity contribution >= 4 is 5.78 Å². The summed E-state index contributed by atoms with van der Waals surface area (Å²) in [6.07, 6.45) is 6.25. The summed E-state index contributed by atoms with van der Waals surface area (Å²) in [4.78, 5) is 11.8. The van der Waals surface area contributed by atoms with E-state index in [9.17, 15) is 9.18 Å². The molecule has 1 aliphatic rings. The van der Waals surface area contributed by atoms with E-state index in [1.54, 1.807) is 12.1 Å². The second-order valence-corrected chi connectivity index (χ2v) is 5.10. The quantitative estimate of drug-likeness (QED) is 0.860. The average Bonchev–Trinajstić information content (AvgIpc) is 2.85. The van der Waals surface area contributed by atoms with Crippen LogP contribution in [-0.4, -0.2) is 17.5 Å². The summed E-state index contributed by atoms with van der Waals surface area (Å²) < 4.78 is 20.8. The Kier molecular flexibility index (Phi) is 3.30. The number of carbonyl (C=O) groups excluding carboxylic acids is 1. The number of aromatic nitrogens is 1. The molecule has 0 atom stereocenters. The summed E-state index contributed by atoms with van der Waals surface area (Å²) in [5.74, 6) is 0.413. The summed E-state index contributed by atoms with van der Waals surface area (Å²) >= 11 is 0. The van der Waals surface area contributed by atoms with Gasteiger partial charge in [-0.25, -0.2) is 4.39 Å². The molecule has 0 saturated carbocycles. The number of ketones is 1. The molecule has 4 heteroatoms. The first-order valence-corrected chi connectivity index (χ1v) is 6.71. The molecule has 104 valence electrons. The molecule has 1 aliphatic carbocycles. The summed E-state index contributed by atoms with van der Waals surface area (Å²) in [6, 6.07) is 4.84. The maximum absolute atomic E-state index is 13.9. The predicted molar refractivity (Wildman–Crippen MR) is 73.8 cm³/mol. The minimum Gasteiger partial charge on any atom is -0.497 e. The lowest BCUT2D eigenvalue weighted by atomic mass is 9.95. The Morgan fingerprint density at radius 2 is 2.15 bits per heavy atom. The van der Waals surface area contributed by atoms with E-state index in [2.05, 4.69) is 0 Å². The Bertz CT molecular complexity index is 660. The molecule has 1 heterocycles. The van der Waals surface area contributed by atoms with Crippen molar-refractivity contribution in [1.29, 1.82) is 0 Å². The molecule has 0 unspecified atom stereocenters. The highest BCUT2D eigenvalue weighted by molar-refractivity contribution is 5.98. The fourth-order valence-electron chi connectivity index (χ4n) is 2.65. The van der Waals surface area contributed by atoms with Crippen LogP contribution < -0.4 is 4.74 Å². The lowest BCUT2D eigenvalue weighted by Crippen LogP contribution is -2.07. The third-order valence-corrected chi connectivity index (χ3v) is 3.73. The molecule has 0 radical (unpaired) electrons. The molecular weight excluding hydrogens is 257 g/mol. The van der Waals surface area contributed by atoms with Crippen LogP contribution in [0.25, 0.3) is 0 Å². The largest absolute Gasteiger partial charge is 0.497 e. The van der Waals surface area contributed by atoms with Crippen LogP contribution in [0.3, 0.4) is 0 Å². The van der Waals surface area contributed by atoms with Crippen molar-refractivity contribution in [3.63, 3.8) is 0 Å². The number of benzene rings is 1. The smallest absolute Gasteiger partial charge is 0.164 e. The second kappa shape index (κ2) is 5.12. The Morgan fingerprint density at radius 3 is 2.85 bits per heavy atom. The summed E-state index contributed by atoms with van der Waals surface area (Å²) in [5.41, 5.74) is 2.46. The molecule has 0 bridgehead atoms. The van der Waals surface area contributed by atoms with Gasteiger partial charge < -0.3 is 9.30 Å². The van der Waals surface area contributed by atoms with Crippen molar-refractivity contribution in [2.45, 2.75) is 25.8 Å². The number of hydrogen-bond donors (Lipinski definition) is 0. The van der Waals surface area contributed by atoms with Crippen LogP contribution in [0.15, 0.2) is 30.6 Å². The molecule has 20 heavy (non-hydrogen) atoms. The fourth-order valence-corrected chi connectivity index (χ4v) is 2.65. The van der Waals surface area contributed by atoms with Crippen molar-refractivity contribution in [1.82, 2.24) is 4.57 Å². The molecule has 1 aromatic carbocycles. The highest BCUT2D eigenvalue weighted by atomic mass is 19.1. The molecule has 3 nitrogen and oxygen atoms in total. The number of hydrogen-bond acceptors (Lipinski definition) is 2. The molecule has 3 rings (SSSR count). The lowest BCUT2D eigenvalue weighted by Gasteiger charge is -2.07. The molecule has 2 aromatic rings. The minimum absolute atomic E-state index is 0.195. The van der Waals surface area contributed by atoms with E-state index in [4.69, 9.17) is 4.74 Å². The lowest BCUT2D eigenvalue weighted by molar-refractivity contribution is 0.0973. The number of nitrogens with zero attached hydrogens (tertiary/aromatic N) is 1. The van der Waals surface area contributed by atoms with Crippen LogP contribution in [0.5, 0.6) is 5.75 Å². The number of Topliss-reactive ketones (excluding diaryl/α,β-unsaturated/α-hetero) is 1. The van der Waals surface area contributed by atoms with E-state index in [0.29, 0.717) is 24.3 Å². The summed E-state index contributed by atoms with van der Waals surface area (Å²) in [6.45, 7) is 0.427. The average molecular weight is 273 g/mol. The minimum atomic E-state index is -0.289. The summed E-state index contributed by atoms with van der Waals surface area (Å²) in [5, 5.41) is 0. The zero-order chi connectivity index (χ0) is 14.1. The van der Waals surface area contributed by atoms with Gasteiger partial charge in [0.2, 0.25) is 0 Å². The second-order valence-electron chi connectivity index (χ2n) is 5.10. The van der Waals surface area contributed by atoms with Gasteiger partial charge in [-0.15, -0.1) is 0 Å². The third-order valence-electron chi connectivity index (χ3n) is 3.73. The number of rotatable bonds is 3. The topological polar surface area (TPSA) is 31.2 Å². The van der Waals surface area contributed by atoms with Gasteiger partial charge in [0.1, 0.15) is 11.6 Å². The van der Waals surface area contributed by atoms with Gasteiger partial charge in [-0.3, -0.25) is 4.79 Å². The van der Waals surface area contributed by atoms with Gasteiger partial charge >= 0.3 is 0 Å². The molecule has 1 aromatic heterocycles. The van der Waals surface area contributed by atoms with Crippen LogP contribution in [0, 0.1) is 5.82 Å². The van der Waals surface area contributed by atoms with Crippen LogP contribution in [0.1, 0.15) is 34.3 Å². The maximum atomic E-state index is 13.9. The van der Waals surface area contributed by atoms with Gasteiger partial charge in [0.05, 0.1) is 7.11 Å². The Hall–Kier alpha value is -2.10. The van der Waals surface area contributed by atoms with Crippen LogP contribution in [0.2, 0.25) is 0 Å². The first-order chi connectivity index (χ1) is 9.67. The standard InChI is InChI=1S/C16H16FNO2/c1-20-13-6-5-12(15(17)7-13)9-18-8-11-3-2-4-16(19)14(11)10-18/h5-8,10H,2-4,9H2,1H3. The number of aryl methyl sites for hydroxylation is 1. The number of ether oxygens (including phenoxy) is 1. The Balaban J connectivity index is 1.86. The van der Waals surface area contributed by atoms with E-state index in [0.717, 1.165) is 24.0 Å². The van der Waals surface area contributed by atoms with Crippen LogP contribution in [0.4, 0.5) is 4.39 Å². The Morgan fingerprint density at radius 1 is 1.30 bits per heavy atom. The Labute approximate surface area is 117 Å². The van der Waals surface area contributed by atoms with Crippen molar-refractivity contribution in [3.8, 4) is 5.75 Å². The van der Waals surface area contributed by atoms with E-state index in [1.807, 2.05) is 17.0 Å². The first-order valence-electron chi connectivity index (χ1n) is 6.71. The van der Waals surface area contributed by atoms with E-state index >= 15 is 0 Å². The van der Waals surface area contributed by atoms with Crippen molar-refractivity contribution in [3.05, 3.63) is 53.1 Å². The number of halogens is 1. The van der Waals surface area contributed by atoms with Gasteiger partial charge in [0.25, 0.3) is 0 Å². The third kappa shape index (κ3) is 2.33. The first kappa shape index (κ1) is 12.9. The van der Waals surface area contributed by atoms with Crippen molar-refractivity contribution in [2.24, 2.45) is 0 Å². The van der Waals surface area contributed by atoms with E-state index < -0.39 is 0 Å². The molecule has 0 N–H and O–H groups in total. The number of fused-ring (bicyclic) bond motifs is 1. The molecule has 0 aliphatic heterocycles. The normalized spacial score (nSPS) is 14.2. The summed E-state index contributed by atoms with van der Waals surface area (Å²) in [7, 11) is 1.51. The number of methoxy groups -OCH3 is 1. The fraction of sp³-hybridized carbons (Fsp3) is 0.312. The zero-order valence-corrected chi connectivity index (χ0v) is 11.4. The van der Waals surface area contributed by atoms with Crippen LogP contribution in [-0.2, 0) is 13.0 Å². The highest BCUT2D eigenvalue weighted by Gasteiger charge is 2.19. The highest BCUT2D eigenvalue weighted by Crippen LogP contribution is 2.23.